The summed E-state index contributed by atoms with van der Waals surface area (Å²) in [4.78, 5) is 29.9. The minimum atomic E-state index is -0.491. The van der Waals surface area contributed by atoms with Gasteiger partial charge < -0.3 is 4.57 Å². The molecule has 1 aromatic carbocycles. The zero-order valence-electron chi connectivity index (χ0n) is 11.7. The minimum Gasteiger partial charge on any atom is -0.337 e. The third-order valence-corrected chi connectivity index (χ3v) is 3.59. The summed E-state index contributed by atoms with van der Waals surface area (Å²) in [5.74, 6) is 0.442. The van der Waals surface area contributed by atoms with Gasteiger partial charge in [-0.05, 0) is 12.1 Å². The van der Waals surface area contributed by atoms with Gasteiger partial charge in [0.15, 0.2) is 0 Å². The highest BCUT2D eigenvalue weighted by molar-refractivity contribution is 6.22. The molecular formula is C15H16N4O2. The first-order valence-corrected chi connectivity index (χ1v) is 6.78. The number of hydrogen-bond donors (Lipinski definition) is 1. The van der Waals surface area contributed by atoms with E-state index in [0.717, 1.165) is 5.82 Å². The van der Waals surface area contributed by atoms with Gasteiger partial charge in [-0.3, -0.25) is 14.9 Å². The van der Waals surface area contributed by atoms with Crippen LogP contribution in [0.4, 0.5) is 5.69 Å². The molecule has 1 atom stereocenters. The van der Waals surface area contributed by atoms with Gasteiger partial charge in [-0.1, -0.05) is 18.2 Å². The third-order valence-electron chi connectivity index (χ3n) is 3.59. The molecule has 1 aromatic heterocycles. The van der Waals surface area contributed by atoms with E-state index in [1.807, 2.05) is 36.0 Å². The van der Waals surface area contributed by atoms with Crippen molar-refractivity contribution in [2.75, 3.05) is 4.90 Å². The summed E-state index contributed by atoms with van der Waals surface area (Å²) in [6.07, 6.45) is 3.72. The van der Waals surface area contributed by atoms with E-state index in [4.69, 9.17) is 0 Å². The number of benzene rings is 1. The molecule has 0 radical (unpaired) electrons. The largest absolute Gasteiger partial charge is 0.337 e. The molecule has 1 fully saturated rings. The fraction of sp³-hybridized carbons (Fsp3) is 0.267. The number of hydrogen-bond acceptors (Lipinski definition) is 4. The van der Waals surface area contributed by atoms with E-state index in [1.165, 1.54) is 4.90 Å². The average Bonchev–Trinajstić information content (AvgIpc) is 3.01. The first-order valence-electron chi connectivity index (χ1n) is 6.78. The van der Waals surface area contributed by atoms with Gasteiger partial charge in [-0.25, -0.2) is 9.88 Å². The van der Waals surface area contributed by atoms with Crippen LogP contribution in [0.5, 0.6) is 0 Å². The van der Waals surface area contributed by atoms with E-state index in [-0.39, 0.29) is 18.2 Å². The predicted molar refractivity (Wildman–Crippen MR) is 77.4 cm³/mol. The zero-order valence-corrected chi connectivity index (χ0v) is 11.7. The van der Waals surface area contributed by atoms with Crippen LogP contribution in [-0.2, 0) is 23.2 Å². The molecule has 0 saturated carbocycles. The molecule has 1 aliphatic heterocycles. The van der Waals surface area contributed by atoms with Gasteiger partial charge >= 0.3 is 0 Å². The predicted octanol–water partition coefficient (Wildman–Crippen LogP) is 0.842. The lowest BCUT2D eigenvalue weighted by molar-refractivity contribution is -0.121. The third kappa shape index (κ3) is 2.57. The Kier molecular flexibility index (Phi) is 3.53. The van der Waals surface area contributed by atoms with E-state index in [9.17, 15) is 9.59 Å². The first kappa shape index (κ1) is 13.5. The number of imide groups is 1. The van der Waals surface area contributed by atoms with Gasteiger partial charge in [-0.15, -0.1) is 0 Å². The van der Waals surface area contributed by atoms with E-state index in [2.05, 4.69) is 10.3 Å². The number of nitrogens with one attached hydrogen (secondary N) is 1. The Bertz CT molecular complexity index is 665. The van der Waals surface area contributed by atoms with Crippen molar-refractivity contribution in [2.24, 2.45) is 7.05 Å². The highest BCUT2D eigenvalue weighted by Gasteiger charge is 2.39. The average molecular weight is 284 g/mol. The molecule has 6 heteroatoms. The van der Waals surface area contributed by atoms with Gasteiger partial charge in [0.25, 0.3) is 5.91 Å². The normalized spacial score (nSPS) is 18.5. The van der Waals surface area contributed by atoms with Crippen molar-refractivity contribution in [2.45, 2.75) is 19.0 Å². The van der Waals surface area contributed by atoms with Crippen LogP contribution in [0, 0.1) is 0 Å². The number of para-hydroxylation sites is 1. The maximum absolute atomic E-state index is 12.4. The molecular weight excluding hydrogens is 268 g/mol. The zero-order chi connectivity index (χ0) is 14.8. The maximum atomic E-state index is 12.4. The Morgan fingerprint density at radius 3 is 2.71 bits per heavy atom. The fourth-order valence-electron chi connectivity index (χ4n) is 2.42. The summed E-state index contributed by atoms with van der Waals surface area (Å²) in [5.41, 5.74) is 0.619. The SMILES string of the molecule is Cn1ccnc1CNC1CC(=O)N(c2ccccc2)C1=O. The van der Waals surface area contributed by atoms with E-state index < -0.39 is 6.04 Å². The van der Waals surface area contributed by atoms with Crippen LogP contribution in [0.25, 0.3) is 0 Å². The number of aromatic nitrogens is 2. The summed E-state index contributed by atoms with van der Waals surface area (Å²) in [6.45, 7) is 0.454. The smallest absolute Gasteiger partial charge is 0.251 e. The second-order valence-corrected chi connectivity index (χ2v) is 4.99. The summed E-state index contributed by atoms with van der Waals surface area (Å²) in [6, 6.07) is 8.50. The molecule has 1 unspecified atom stereocenters. The molecule has 1 saturated heterocycles. The molecule has 0 spiro atoms. The lowest BCUT2D eigenvalue weighted by Gasteiger charge is -2.15. The van der Waals surface area contributed by atoms with Crippen LogP contribution >= 0.6 is 0 Å². The second-order valence-electron chi connectivity index (χ2n) is 4.99. The lowest BCUT2D eigenvalue weighted by Crippen LogP contribution is -2.38. The highest BCUT2D eigenvalue weighted by atomic mass is 16.2. The van der Waals surface area contributed by atoms with Gasteiger partial charge in [0.1, 0.15) is 5.82 Å². The number of imidazole rings is 1. The summed E-state index contributed by atoms with van der Waals surface area (Å²) < 4.78 is 1.88. The molecule has 0 aliphatic carbocycles. The van der Waals surface area contributed by atoms with Crippen molar-refractivity contribution in [3.8, 4) is 0 Å². The van der Waals surface area contributed by atoms with Crippen LogP contribution in [0.2, 0.25) is 0 Å². The second kappa shape index (κ2) is 5.49. The molecule has 1 aliphatic rings. The highest BCUT2D eigenvalue weighted by Crippen LogP contribution is 2.22. The molecule has 2 amide bonds. The van der Waals surface area contributed by atoms with Crippen molar-refractivity contribution < 1.29 is 9.59 Å². The minimum absolute atomic E-state index is 0.177. The van der Waals surface area contributed by atoms with Crippen molar-refractivity contribution in [3.05, 3.63) is 48.5 Å². The van der Waals surface area contributed by atoms with Gasteiger partial charge in [0.2, 0.25) is 5.91 Å². The number of anilines is 1. The quantitative estimate of drug-likeness (QED) is 0.845. The Morgan fingerprint density at radius 2 is 2.05 bits per heavy atom. The number of carbonyl (C=O) groups excluding carboxylic acids is 2. The number of amides is 2. The Morgan fingerprint density at radius 1 is 1.29 bits per heavy atom. The van der Waals surface area contributed by atoms with Crippen LogP contribution in [0.15, 0.2) is 42.7 Å². The Hall–Kier alpha value is -2.47. The molecule has 1 N–H and O–H groups in total. The topological polar surface area (TPSA) is 67.2 Å². The molecule has 2 heterocycles. The summed E-state index contributed by atoms with van der Waals surface area (Å²) >= 11 is 0. The number of aryl methyl sites for hydroxylation is 1. The molecule has 6 nitrogen and oxygen atoms in total. The van der Waals surface area contributed by atoms with Gasteiger partial charge in [0, 0.05) is 19.4 Å². The number of rotatable bonds is 4. The maximum Gasteiger partial charge on any atom is 0.251 e. The number of carbonyl (C=O) groups is 2. The molecule has 2 aromatic rings. The van der Waals surface area contributed by atoms with Gasteiger partial charge in [-0.2, -0.15) is 0 Å². The fourth-order valence-corrected chi connectivity index (χ4v) is 2.42. The van der Waals surface area contributed by atoms with E-state index in [0.29, 0.717) is 12.2 Å². The molecule has 3 rings (SSSR count). The summed E-state index contributed by atoms with van der Waals surface area (Å²) in [7, 11) is 1.89. The Balaban J connectivity index is 1.71. The van der Waals surface area contributed by atoms with Gasteiger partial charge in [0.05, 0.1) is 24.7 Å². The molecule has 108 valence electrons. The van der Waals surface area contributed by atoms with Crippen LogP contribution in [0.3, 0.4) is 0 Å². The van der Waals surface area contributed by atoms with Crippen LogP contribution < -0.4 is 10.2 Å². The molecule has 21 heavy (non-hydrogen) atoms. The van der Waals surface area contributed by atoms with Crippen molar-refractivity contribution in [1.82, 2.24) is 14.9 Å². The van der Waals surface area contributed by atoms with E-state index in [1.54, 1.807) is 18.3 Å². The summed E-state index contributed by atoms with van der Waals surface area (Å²) in [5, 5.41) is 3.11. The standard InChI is InChI=1S/C15H16N4O2/c1-18-8-7-16-13(18)10-17-12-9-14(20)19(15(12)21)11-5-3-2-4-6-11/h2-8,12,17H,9-10H2,1H3. The lowest BCUT2D eigenvalue weighted by atomic mass is 10.2. The van der Waals surface area contributed by atoms with Crippen LogP contribution in [-0.4, -0.2) is 27.4 Å². The Labute approximate surface area is 122 Å². The van der Waals surface area contributed by atoms with Crippen LogP contribution in [0.1, 0.15) is 12.2 Å². The monoisotopic (exact) mass is 284 g/mol. The van der Waals surface area contributed by atoms with Crippen molar-refractivity contribution in [1.29, 1.82) is 0 Å². The number of nitrogens with zero attached hydrogens (tertiary/aromatic N) is 3. The molecule has 0 bridgehead atoms. The van der Waals surface area contributed by atoms with E-state index >= 15 is 0 Å². The van der Waals surface area contributed by atoms with Crippen molar-refractivity contribution in [3.63, 3.8) is 0 Å². The van der Waals surface area contributed by atoms with Crippen molar-refractivity contribution >= 4 is 17.5 Å². The first-order chi connectivity index (χ1) is 10.2.